The van der Waals surface area contributed by atoms with Crippen molar-refractivity contribution < 1.29 is 29.1 Å². The summed E-state index contributed by atoms with van der Waals surface area (Å²) in [5.41, 5.74) is 0. The van der Waals surface area contributed by atoms with E-state index in [9.17, 15) is 24.0 Å². The molecule has 0 aromatic heterocycles. The third-order valence-corrected chi connectivity index (χ3v) is 3.03. The van der Waals surface area contributed by atoms with Crippen LogP contribution < -0.4 is 5.32 Å². The molecule has 0 bridgehead atoms. The molecule has 0 radical (unpaired) electrons. The maximum Gasteiger partial charge on any atom is 0.305 e. The van der Waals surface area contributed by atoms with Crippen LogP contribution in [0.1, 0.15) is 12.8 Å². The van der Waals surface area contributed by atoms with E-state index in [0.717, 1.165) is 17.1 Å². The normalized spacial score (nSPS) is 24.0. The van der Waals surface area contributed by atoms with Gasteiger partial charge in [-0.3, -0.25) is 34.2 Å². The summed E-state index contributed by atoms with van der Waals surface area (Å²) in [5.74, 6) is -4.84. The van der Waals surface area contributed by atoms with Crippen LogP contribution in [0.15, 0.2) is 12.2 Å². The van der Waals surface area contributed by atoms with Gasteiger partial charge in [0, 0.05) is 18.6 Å². The predicted octanol–water partition coefficient (Wildman–Crippen LogP) is -1.58. The second-order valence-corrected chi connectivity index (χ2v) is 4.27. The van der Waals surface area contributed by atoms with Crippen molar-refractivity contribution >= 4 is 29.6 Å². The first kappa shape index (κ1) is 12.9. The summed E-state index contributed by atoms with van der Waals surface area (Å²) in [7, 11) is 0. The van der Waals surface area contributed by atoms with Crippen molar-refractivity contribution in [1.29, 1.82) is 0 Å². The second-order valence-electron chi connectivity index (χ2n) is 4.27. The number of carboxylic acids is 1. The van der Waals surface area contributed by atoms with Gasteiger partial charge in [0.2, 0.25) is 11.8 Å². The summed E-state index contributed by atoms with van der Waals surface area (Å²) in [5, 5.41) is 10.9. The Hall–Kier alpha value is -2.51. The smallest absolute Gasteiger partial charge is 0.305 e. The fourth-order valence-electron chi connectivity index (χ4n) is 2.22. The number of carbonyl (C=O) groups is 5. The Balaban J connectivity index is 2.28. The molecule has 2 atom stereocenters. The minimum absolute atomic E-state index is 0.228. The van der Waals surface area contributed by atoms with Gasteiger partial charge in [-0.05, 0) is 0 Å². The molecule has 4 amide bonds. The summed E-state index contributed by atoms with van der Waals surface area (Å²) >= 11 is 0. The first-order valence-electron chi connectivity index (χ1n) is 5.51. The lowest BCUT2D eigenvalue weighted by Gasteiger charge is -2.27. The molecule has 2 aliphatic heterocycles. The summed E-state index contributed by atoms with van der Waals surface area (Å²) < 4.78 is 0. The maximum absolute atomic E-state index is 11.6. The molecular formula is C11H10N2O6. The quantitative estimate of drug-likeness (QED) is 0.592. The van der Waals surface area contributed by atoms with E-state index < -0.39 is 48.0 Å². The van der Waals surface area contributed by atoms with E-state index in [-0.39, 0.29) is 6.42 Å². The molecule has 0 saturated carbocycles. The topological polar surface area (TPSA) is 121 Å². The van der Waals surface area contributed by atoms with E-state index >= 15 is 0 Å². The number of aliphatic carboxylic acids is 1. The Morgan fingerprint density at radius 3 is 2.32 bits per heavy atom. The highest BCUT2D eigenvalue weighted by Crippen LogP contribution is 2.25. The molecule has 19 heavy (non-hydrogen) atoms. The highest BCUT2D eigenvalue weighted by molar-refractivity contribution is 6.14. The number of hydrogen-bond donors (Lipinski definition) is 2. The number of carboxylic acid groups (broad SMARTS) is 1. The van der Waals surface area contributed by atoms with Gasteiger partial charge < -0.3 is 5.11 Å². The fourth-order valence-corrected chi connectivity index (χ4v) is 2.22. The fraction of sp³-hybridized carbons (Fsp3) is 0.364. The standard InChI is InChI=1S/C11H10N2O6/c14-7-3-5(11(19)12-7)6(4-10(17)18)13-8(15)1-2-9(13)16/h1-2,5-6H,3-4H2,(H,17,18)(H,12,14,19). The number of nitrogens with one attached hydrogen (secondary N) is 1. The third-order valence-electron chi connectivity index (χ3n) is 3.03. The average Bonchev–Trinajstić information content (AvgIpc) is 2.79. The van der Waals surface area contributed by atoms with Gasteiger partial charge in [-0.25, -0.2) is 0 Å². The van der Waals surface area contributed by atoms with Gasteiger partial charge in [-0.1, -0.05) is 0 Å². The van der Waals surface area contributed by atoms with Crippen molar-refractivity contribution in [2.75, 3.05) is 0 Å². The molecule has 0 aromatic carbocycles. The molecule has 0 aromatic rings. The van der Waals surface area contributed by atoms with E-state index in [4.69, 9.17) is 5.11 Å². The van der Waals surface area contributed by atoms with Crippen molar-refractivity contribution in [3.05, 3.63) is 12.2 Å². The zero-order valence-electron chi connectivity index (χ0n) is 9.66. The summed E-state index contributed by atoms with van der Waals surface area (Å²) in [6.45, 7) is 0. The summed E-state index contributed by atoms with van der Waals surface area (Å²) in [6, 6.07) is -1.15. The van der Waals surface area contributed by atoms with Crippen LogP contribution in [-0.2, 0) is 24.0 Å². The van der Waals surface area contributed by atoms with E-state index in [1.807, 2.05) is 5.32 Å². The highest BCUT2D eigenvalue weighted by Gasteiger charge is 2.44. The van der Waals surface area contributed by atoms with Crippen LogP contribution in [0.25, 0.3) is 0 Å². The maximum atomic E-state index is 11.6. The zero-order chi connectivity index (χ0) is 14.2. The van der Waals surface area contributed by atoms with Crippen LogP contribution in [0.5, 0.6) is 0 Å². The lowest BCUT2D eigenvalue weighted by Crippen LogP contribution is -2.47. The van der Waals surface area contributed by atoms with Gasteiger partial charge in [0.1, 0.15) is 0 Å². The first-order valence-corrected chi connectivity index (χ1v) is 5.51. The van der Waals surface area contributed by atoms with Gasteiger partial charge in [0.15, 0.2) is 0 Å². The Morgan fingerprint density at radius 1 is 1.32 bits per heavy atom. The van der Waals surface area contributed by atoms with Crippen LogP contribution in [0.3, 0.4) is 0 Å². The van der Waals surface area contributed by atoms with E-state index in [0.29, 0.717) is 0 Å². The lowest BCUT2D eigenvalue weighted by molar-refractivity contribution is -0.145. The van der Waals surface area contributed by atoms with Crippen LogP contribution in [0.4, 0.5) is 0 Å². The molecule has 100 valence electrons. The third kappa shape index (κ3) is 2.37. The SMILES string of the molecule is O=C(O)CC(C1CC(=O)NC1=O)N1C(=O)C=CC1=O. The van der Waals surface area contributed by atoms with Gasteiger partial charge in [-0.2, -0.15) is 0 Å². The Bertz CT molecular complexity index is 505. The number of amides is 4. The number of nitrogens with zero attached hydrogens (tertiary/aromatic N) is 1. The molecule has 1 saturated heterocycles. The van der Waals surface area contributed by atoms with E-state index in [1.165, 1.54) is 0 Å². The van der Waals surface area contributed by atoms with Crippen LogP contribution in [0.2, 0.25) is 0 Å². The minimum atomic E-state index is -1.26. The summed E-state index contributed by atoms with van der Waals surface area (Å²) in [6.07, 6.45) is 1.20. The predicted molar refractivity (Wildman–Crippen MR) is 58.3 cm³/mol. The molecule has 2 unspecified atom stereocenters. The minimum Gasteiger partial charge on any atom is -0.481 e. The molecule has 0 spiro atoms. The van der Waals surface area contributed by atoms with Gasteiger partial charge in [-0.15, -0.1) is 0 Å². The number of hydrogen-bond acceptors (Lipinski definition) is 5. The molecule has 0 aliphatic carbocycles. The largest absolute Gasteiger partial charge is 0.481 e. The van der Waals surface area contributed by atoms with Crippen molar-refractivity contribution in [3.63, 3.8) is 0 Å². The van der Waals surface area contributed by atoms with Crippen molar-refractivity contribution in [1.82, 2.24) is 10.2 Å². The molecule has 1 fully saturated rings. The Morgan fingerprint density at radius 2 is 1.89 bits per heavy atom. The zero-order valence-corrected chi connectivity index (χ0v) is 9.66. The van der Waals surface area contributed by atoms with Crippen molar-refractivity contribution in [2.24, 2.45) is 5.92 Å². The van der Waals surface area contributed by atoms with Gasteiger partial charge >= 0.3 is 5.97 Å². The van der Waals surface area contributed by atoms with E-state index in [2.05, 4.69) is 0 Å². The monoisotopic (exact) mass is 266 g/mol. The molecule has 8 nitrogen and oxygen atoms in total. The number of carbonyl (C=O) groups excluding carboxylic acids is 4. The molecule has 2 aliphatic rings. The van der Waals surface area contributed by atoms with Crippen LogP contribution in [0, 0.1) is 5.92 Å². The number of rotatable bonds is 4. The molecular weight excluding hydrogens is 256 g/mol. The molecule has 8 heteroatoms. The summed E-state index contributed by atoms with van der Waals surface area (Å²) in [4.78, 5) is 57.4. The first-order chi connectivity index (χ1) is 8.90. The van der Waals surface area contributed by atoms with Gasteiger partial charge in [0.25, 0.3) is 11.8 Å². The highest BCUT2D eigenvalue weighted by atomic mass is 16.4. The molecule has 2 N–H and O–H groups in total. The Kier molecular flexibility index (Phi) is 3.16. The van der Waals surface area contributed by atoms with Crippen molar-refractivity contribution in [3.8, 4) is 0 Å². The second kappa shape index (κ2) is 4.63. The lowest BCUT2D eigenvalue weighted by atomic mass is 9.93. The van der Waals surface area contributed by atoms with E-state index in [1.54, 1.807) is 0 Å². The number of imide groups is 2. The average molecular weight is 266 g/mol. The molecule has 2 rings (SSSR count). The van der Waals surface area contributed by atoms with Gasteiger partial charge in [0.05, 0.1) is 18.4 Å². The van der Waals surface area contributed by atoms with Crippen LogP contribution in [-0.4, -0.2) is 45.6 Å². The molecule has 2 heterocycles. The van der Waals surface area contributed by atoms with Crippen LogP contribution >= 0.6 is 0 Å². The Labute approximate surface area is 107 Å². The van der Waals surface area contributed by atoms with Crippen molar-refractivity contribution in [2.45, 2.75) is 18.9 Å².